The second kappa shape index (κ2) is 13.8. The quantitative estimate of drug-likeness (QED) is 0.166. The van der Waals surface area contributed by atoms with Gasteiger partial charge in [-0.3, -0.25) is 24.0 Å². The summed E-state index contributed by atoms with van der Waals surface area (Å²) >= 11 is 0. The minimum atomic E-state index is -1.75. The molecule has 2 heterocycles. The Balaban J connectivity index is 2.54. The van der Waals surface area contributed by atoms with E-state index >= 15 is 0 Å². The Hall–Kier alpha value is -2.89. The van der Waals surface area contributed by atoms with Gasteiger partial charge in [-0.25, -0.2) is 0 Å². The lowest BCUT2D eigenvalue weighted by Crippen LogP contribution is -2.68. The maximum atomic E-state index is 12.0. The van der Waals surface area contributed by atoms with E-state index in [1.807, 2.05) is 0 Å². The Kier molecular flexibility index (Phi) is 11.4. The van der Waals surface area contributed by atoms with Gasteiger partial charge in [0.2, 0.25) is 5.91 Å². The number of ether oxygens (including phenoxy) is 7. The predicted octanol–water partition coefficient (Wildman–Crippen LogP) is -2.97. The second-order valence-corrected chi connectivity index (χ2v) is 8.63. The number of rotatable bonds is 9. The van der Waals surface area contributed by atoms with Crippen LogP contribution in [0.25, 0.3) is 0 Å². The van der Waals surface area contributed by atoms with Gasteiger partial charge < -0.3 is 53.8 Å². The van der Waals surface area contributed by atoms with E-state index in [0.29, 0.717) is 0 Å². The lowest BCUT2D eigenvalue weighted by atomic mass is 9.95. The molecule has 4 N–H and O–H groups in total. The average molecular weight is 551 g/mol. The summed E-state index contributed by atoms with van der Waals surface area (Å²) in [6.45, 7) is 4.10. The topological polar surface area (TPSA) is 223 Å². The molecule has 0 bridgehead atoms. The molecule has 0 aliphatic carbocycles. The summed E-state index contributed by atoms with van der Waals surface area (Å²) < 4.78 is 37.7. The molecular formula is C22H33NO15. The number of hydrogen-bond donors (Lipinski definition) is 4. The third-order valence-corrected chi connectivity index (χ3v) is 5.48. The van der Waals surface area contributed by atoms with E-state index in [2.05, 4.69) is 5.32 Å². The molecular weight excluding hydrogens is 518 g/mol. The van der Waals surface area contributed by atoms with E-state index in [1.54, 1.807) is 0 Å². The van der Waals surface area contributed by atoms with Crippen LogP contribution in [0.15, 0.2) is 0 Å². The van der Waals surface area contributed by atoms with Crippen LogP contribution in [0.1, 0.15) is 34.6 Å². The van der Waals surface area contributed by atoms with Gasteiger partial charge in [0.05, 0.1) is 6.61 Å². The first-order valence-electron chi connectivity index (χ1n) is 11.6. The smallest absolute Gasteiger partial charge is 0.303 e. The van der Waals surface area contributed by atoms with E-state index < -0.39 is 104 Å². The van der Waals surface area contributed by atoms with Crippen molar-refractivity contribution in [3.8, 4) is 0 Å². The van der Waals surface area contributed by atoms with Crippen LogP contribution >= 0.6 is 0 Å². The van der Waals surface area contributed by atoms with E-state index in [-0.39, 0.29) is 0 Å². The zero-order valence-corrected chi connectivity index (χ0v) is 21.4. The van der Waals surface area contributed by atoms with Gasteiger partial charge in [-0.15, -0.1) is 0 Å². The van der Waals surface area contributed by atoms with Crippen LogP contribution in [-0.2, 0) is 57.1 Å². The molecule has 38 heavy (non-hydrogen) atoms. The largest absolute Gasteiger partial charge is 0.463 e. The molecule has 2 saturated heterocycles. The van der Waals surface area contributed by atoms with E-state index in [0.717, 1.165) is 34.6 Å². The van der Waals surface area contributed by atoms with Crippen LogP contribution in [0.5, 0.6) is 0 Å². The zero-order valence-electron chi connectivity index (χ0n) is 21.4. The molecule has 16 heteroatoms. The molecule has 0 aromatic carbocycles. The molecule has 2 aliphatic heterocycles. The number of carbonyl (C=O) groups is 5. The highest BCUT2D eigenvalue weighted by Crippen LogP contribution is 2.33. The van der Waals surface area contributed by atoms with Gasteiger partial charge in [-0.1, -0.05) is 0 Å². The molecule has 2 aliphatic rings. The molecule has 0 saturated carbocycles. The van der Waals surface area contributed by atoms with Crippen LogP contribution in [0.2, 0.25) is 0 Å². The highest BCUT2D eigenvalue weighted by molar-refractivity contribution is 5.73. The SMILES string of the molecule is CC(=O)N[C@H]1C(O[C@@H]2OC(COC(C)=O)[C@H](OC(C)=O)[C@H](OC(C)=O)[C@H]2OC(C)=O)[C@H](O)C(CO)O[C@@H]1O. The summed E-state index contributed by atoms with van der Waals surface area (Å²) in [5.74, 6) is -3.94. The van der Waals surface area contributed by atoms with Crippen LogP contribution in [0.4, 0.5) is 0 Å². The summed E-state index contributed by atoms with van der Waals surface area (Å²) in [7, 11) is 0. The Morgan fingerprint density at radius 1 is 0.737 bits per heavy atom. The van der Waals surface area contributed by atoms with Gasteiger partial charge in [-0.05, 0) is 0 Å². The van der Waals surface area contributed by atoms with Gasteiger partial charge in [0, 0.05) is 34.6 Å². The summed E-state index contributed by atoms with van der Waals surface area (Å²) in [5, 5.41) is 33.1. The standard InChI is InChI=1S/C22H33NO15/c1-8(25)23-15-18(16(30)13(6-24)36-21(15)31)38-22-20(35-12(5)29)19(34-11(4)28)17(33-10(3)27)14(37-22)7-32-9(2)26/h13-22,24,30-31H,6-7H2,1-5H3,(H,23,25)/t13?,14?,15-,16+,17-,18?,19-,20+,21-,22-/m0/s1. The highest BCUT2D eigenvalue weighted by Gasteiger charge is 2.55. The van der Waals surface area contributed by atoms with E-state index in [1.165, 1.54) is 0 Å². The second-order valence-electron chi connectivity index (χ2n) is 8.63. The van der Waals surface area contributed by atoms with Crippen molar-refractivity contribution in [3.05, 3.63) is 0 Å². The molecule has 2 rings (SSSR count). The number of aliphatic hydroxyl groups is 3. The predicted molar refractivity (Wildman–Crippen MR) is 118 cm³/mol. The lowest BCUT2D eigenvalue weighted by molar-refractivity contribution is -0.343. The first kappa shape index (κ1) is 31.3. The van der Waals surface area contributed by atoms with Gasteiger partial charge in [-0.2, -0.15) is 0 Å². The summed E-state index contributed by atoms with van der Waals surface area (Å²) in [6.07, 6.45) is -14.0. The fourth-order valence-electron chi connectivity index (χ4n) is 4.09. The number of nitrogens with one attached hydrogen (secondary N) is 1. The minimum Gasteiger partial charge on any atom is -0.463 e. The normalized spacial score (nSPS) is 34.9. The Bertz CT molecular complexity index is 881. The summed E-state index contributed by atoms with van der Waals surface area (Å²) in [6, 6.07) is -1.41. The van der Waals surface area contributed by atoms with Gasteiger partial charge in [0.25, 0.3) is 0 Å². The molecule has 0 radical (unpaired) electrons. The Morgan fingerprint density at radius 2 is 1.29 bits per heavy atom. The van der Waals surface area contributed by atoms with Gasteiger partial charge >= 0.3 is 23.9 Å². The number of carbonyl (C=O) groups excluding carboxylic acids is 5. The maximum absolute atomic E-state index is 12.0. The molecule has 0 aromatic heterocycles. The fraction of sp³-hybridized carbons (Fsp3) is 0.773. The third-order valence-electron chi connectivity index (χ3n) is 5.48. The van der Waals surface area contributed by atoms with Gasteiger partial charge in [0.15, 0.2) is 30.9 Å². The molecule has 1 amide bonds. The third kappa shape index (κ3) is 8.31. The van der Waals surface area contributed by atoms with Crippen LogP contribution in [-0.4, -0.2) is 120 Å². The van der Waals surface area contributed by atoms with Crippen molar-refractivity contribution in [2.24, 2.45) is 0 Å². The molecule has 16 nitrogen and oxygen atoms in total. The van der Waals surface area contributed by atoms with E-state index in [9.17, 15) is 39.3 Å². The van der Waals surface area contributed by atoms with Crippen molar-refractivity contribution in [2.45, 2.75) is 96.0 Å². The number of hydrogen-bond acceptors (Lipinski definition) is 15. The minimum absolute atomic E-state index is 0.523. The molecule has 216 valence electrons. The number of esters is 4. The number of amides is 1. The molecule has 3 unspecified atom stereocenters. The van der Waals surface area contributed by atoms with Crippen molar-refractivity contribution in [1.29, 1.82) is 0 Å². The van der Waals surface area contributed by atoms with Gasteiger partial charge in [0.1, 0.15) is 37.1 Å². The Morgan fingerprint density at radius 3 is 1.79 bits per heavy atom. The lowest BCUT2D eigenvalue weighted by Gasteiger charge is -2.48. The van der Waals surface area contributed by atoms with Crippen molar-refractivity contribution < 1.29 is 72.5 Å². The van der Waals surface area contributed by atoms with Crippen molar-refractivity contribution >= 4 is 29.8 Å². The average Bonchev–Trinajstić information content (AvgIpc) is 2.79. The van der Waals surface area contributed by atoms with Crippen molar-refractivity contribution in [2.75, 3.05) is 13.2 Å². The first-order valence-corrected chi connectivity index (χ1v) is 11.6. The van der Waals surface area contributed by atoms with Crippen molar-refractivity contribution in [1.82, 2.24) is 5.32 Å². The summed E-state index contributed by atoms with van der Waals surface area (Å²) in [4.78, 5) is 59.0. The van der Waals surface area contributed by atoms with Crippen LogP contribution in [0.3, 0.4) is 0 Å². The van der Waals surface area contributed by atoms with Crippen LogP contribution < -0.4 is 5.32 Å². The van der Waals surface area contributed by atoms with Crippen molar-refractivity contribution in [3.63, 3.8) is 0 Å². The zero-order chi connectivity index (χ0) is 28.7. The first-order chi connectivity index (χ1) is 17.7. The Labute approximate surface area is 217 Å². The maximum Gasteiger partial charge on any atom is 0.303 e. The monoisotopic (exact) mass is 551 g/mol. The van der Waals surface area contributed by atoms with E-state index in [4.69, 9.17) is 33.2 Å². The fourth-order valence-corrected chi connectivity index (χ4v) is 4.09. The highest BCUT2D eigenvalue weighted by atomic mass is 16.7. The molecule has 10 atom stereocenters. The van der Waals surface area contributed by atoms with Crippen LogP contribution in [0, 0.1) is 0 Å². The summed E-state index contributed by atoms with van der Waals surface area (Å²) in [5.41, 5.74) is 0. The molecule has 0 aromatic rings. The molecule has 0 spiro atoms. The number of aliphatic hydroxyl groups excluding tert-OH is 3. The molecule has 2 fully saturated rings.